The summed E-state index contributed by atoms with van der Waals surface area (Å²) < 4.78 is 7.83. The first-order valence-corrected chi connectivity index (χ1v) is 11.8. The Morgan fingerprint density at radius 1 is 1.15 bits per heavy atom. The Bertz CT molecular complexity index is 1220. The number of ether oxygens (including phenoxy) is 1. The summed E-state index contributed by atoms with van der Waals surface area (Å²) in [6.07, 6.45) is 7.13. The van der Waals surface area contributed by atoms with Crippen LogP contribution in [-0.4, -0.2) is 44.3 Å². The molecule has 1 fully saturated rings. The van der Waals surface area contributed by atoms with Crippen molar-refractivity contribution in [3.8, 4) is 6.01 Å². The van der Waals surface area contributed by atoms with Crippen LogP contribution in [-0.2, 0) is 6.54 Å². The number of hydrogen-bond donors (Lipinski definition) is 2. The van der Waals surface area contributed by atoms with Crippen molar-refractivity contribution in [2.45, 2.75) is 45.6 Å². The molecule has 33 heavy (non-hydrogen) atoms. The molecule has 1 aliphatic heterocycles. The fourth-order valence-electron chi connectivity index (χ4n) is 4.44. The highest BCUT2D eigenvalue weighted by molar-refractivity contribution is 5.82. The Balaban J connectivity index is 1.39. The monoisotopic (exact) mass is 445 g/mol. The Kier molecular flexibility index (Phi) is 6.35. The van der Waals surface area contributed by atoms with Gasteiger partial charge in [-0.15, -0.1) is 0 Å². The van der Waals surface area contributed by atoms with E-state index in [9.17, 15) is 0 Å². The minimum Gasteiger partial charge on any atom is -0.463 e. The Hall–Kier alpha value is -3.26. The van der Waals surface area contributed by atoms with Crippen molar-refractivity contribution in [3.05, 3.63) is 53.9 Å². The number of hydrogen-bond acceptors (Lipinski definition) is 7. The molecular weight excluding hydrogens is 414 g/mol. The molecule has 0 spiro atoms. The summed E-state index contributed by atoms with van der Waals surface area (Å²) >= 11 is 0. The van der Waals surface area contributed by atoms with Crippen LogP contribution in [0.4, 0.5) is 5.95 Å². The van der Waals surface area contributed by atoms with E-state index in [1.165, 1.54) is 12.8 Å². The maximum absolute atomic E-state index is 6.05. The number of rotatable bonds is 8. The van der Waals surface area contributed by atoms with Gasteiger partial charge in [-0.25, -0.2) is 0 Å². The fraction of sp³-hybridized carbons (Fsp3) is 0.440. The van der Waals surface area contributed by atoms with Crippen LogP contribution in [0.15, 0.2) is 42.7 Å². The molecule has 4 aromatic rings. The first kappa shape index (κ1) is 21.6. The Labute approximate surface area is 193 Å². The van der Waals surface area contributed by atoms with Crippen LogP contribution in [0, 0.1) is 5.92 Å². The van der Waals surface area contributed by atoms with Gasteiger partial charge in [0, 0.05) is 23.7 Å². The molecule has 0 saturated carbocycles. The first-order chi connectivity index (χ1) is 16.2. The van der Waals surface area contributed by atoms with Crippen molar-refractivity contribution < 1.29 is 4.74 Å². The fourth-order valence-corrected chi connectivity index (χ4v) is 4.44. The molecule has 1 aromatic carbocycles. The molecule has 0 unspecified atom stereocenters. The maximum Gasteiger partial charge on any atom is 0.321 e. The van der Waals surface area contributed by atoms with E-state index in [0.29, 0.717) is 36.9 Å². The van der Waals surface area contributed by atoms with Gasteiger partial charge in [0.05, 0.1) is 18.3 Å². The highest BCUT2D eigenvalue weighted by atomic mass is 16.5. The average molecular weight is 446 g/mol. The molecule has 0 bridgehead atoms. The predicted molar refractivity (Wildman–Crippen MR) is 130 cm³/mol. The predicted octanol–water partition coefficient (Wildman–Crippen LogP) is 4.18. The Morgan fingerprint density at radius 3 is 2.88 bits per heavy atom. The largest absolute Gasteiger partial charge is 0.463 e. The van der Waals surface area contributed by atoms with Gasteiger partial charge >= 0.3 is 6.01 Å². The summed E-state index contributed by atoms with van der Waals surface area (Å²) in [6, 6.07) is 10.6. The highest BCUT2D eigenvalue weighted by Gasteiger charge is 2.17. The normalized spacial score (nSPS) is 14.9. The molecule has 172 valence electrons. The Morgan fingerprint density at radius 2 is 2.03 bits per heavy atom. The minimum atomic E-state index is 0.303. The third-order valence-corrected chi connectivity index (χ3v) is 6.39. The van der Waals surface area contributed by atoms with Crippen LogP contribution in [0.3, 0.4) is 0 Å². The lowest BCUT2D eigenvalue weighted by Crippen LogP contribution is -2.28. The molecule has 1 saturated heterocycles. The van der Waals surface area contributed by atoms with Crippen molar-refractivity contribution in [2.75, 3.05) is 25.0 Å². The average Bonchev–Trinajstić information content (AvgIpc) is 3.28. The van der Waals surface area contributed by atoms with E-state index in [-0.39, 0.29) is 0 Å². The van der Waals surface area contributed by atoms with Crippen molar-refractivity contribution in [2.24, 2.45) is 5.92 Å². The quantitative estimate of drug-likeness (QED) is 0.421. The zero-order valence-electron chi connectivity index (χ0n) is 19.3. The van der Waals surface area contributed by atoms with Crippen molar-refractivity contribution in [1.29, 1.82) is 0 Å². The van der Waals surface area contributed by atoms with Gasteiger partial charge in [0.1, 0.15) is 0 Å². The van der Waals surface area contributed by atoms with E-state index < -0.39 is 0 Å². The van der Waals surface area contributed by atoms with Crippen LogP contribution in [0.5, 0.6) is 6.01 Å². The molecule has 8 nitrogen and oxygen atoms in total. The summed E-state index contributed by atoms with van der Waals surface area (Å²) in [6.45, 7) is 7.71. The number of nitrogens with zero attached hydrogens (tertiary/aromatic N) is 5. The lowest BCUT2D eigenvalue weighted by Gasteiger charge is -2.22. The summed E-state index contributed by atoms with van der Waals surface area (Å²) in [5, 5.41) is 12.6. The molecule has 5 rings (SSSR count). The summed E-state index contributed by atoms with van der Waals surface area (Å²) in [7, 11) is 0. The molecule has 3 aromatic heterocycles. The van der Waals surface area contributed by atoms with Crippen LogP contribution in [0.25, 0.3) is 16.6 Å². The van der Waals surface area contributed by atoms with E-state index in [1.807, 2.05) is 30.6 Å². The standard InChI is InChI=1S/C25H31N7O/c1-17(2)21-16-29-32-23(21)30-25(33-14-10-18-8-12-26-13-9-18)31-24(32)28-15-19-5-3-7-22-20(19)6-4-11-27-22/h3-7,11,16-18,26H,8-10,12-15H2,1-2H3,(H,28,30,31). The van der Waals surface area contributed by atoms with Crippen LogP contribution in [0.1, 0.15) is 50.2 Å². The van der Waals surface area contributed by atoms with Crippen LogP contribution < -0.4 is 15.4 Å². The molecule has 0 atom stereocenters. The minimum absolute atomic E-state index is 0.303. The van der Waals surface area contributed by atoms with E-state index in [1.54, 1.807) is 4.52 Å². The molecule has 4 heterocycles. The number of fused-ring (bicyclic) bond motifs is 2. The summed E-state index contributed by atoms with van der Waals surface area (Å²) in [5.41, 5.74) is 4.00. The van der Waals surface area contributed by atoms with Gasteiger partial charge in [0.15, 0.2) is 5.65 Å². The second-order valence-corrected chi connectivity index (χ2v) is 8.99. The number of aromatic nitrogens is 5. The van der Waals surface area contributed by atoms with Gasteiger partial charge < -0.3 is 15.4 Å². The molecule has 2 N–H and O–H groups in total. The number of benzene rings is 1. The van der Waals surface area contributed by atoms with Crippen molar-refractivity contribution in [1.82, 2.24) is 29.9 Å². The molecule has 0 radical (unpaired) electrons. The van der Waals surface area contributed by atoms with Gasteiger partial charge in [-0.05, 0) is 61.9 Å². The van der Waals surface area contributed by atoms with E-state index in [2.05, 4.69) is 51.7 Å². The SMILES string of the molecule is CC(C)c1cnn2c(NCc3cccc4ncccc34)nc(OCCC3CCNCC3)nc12. The third kappa shape index (κ3) is 4.75. The first-order valence-electron chi connectivity index (χ1n) is 11.8. The van der Waals surface area contributed by atoms with E-state index in [4.69, 9.17) is 9.72 Å². The molecular formula is C25H31N7O. The molecule has 0 amide bonds. The van der Waals surface area contributed by atoms with Crippen LogP contribution >= 0.6 is 0 Å². The molecule has 1 aliphatic rings. The number of anilines is 1. The van der Waals surface area contributed by atoms with Gasteiger partial charge in [-0.3, -0.25) is 4.98 Å². The number of pyridine rings is 1. The van der Waals surface area contributed by atoms with Crippen LogP contribution in [0.2, 0.25) is 0 Å². The zero-order valence-corrected chi connectivity index (χ0v) is 19.3. The number of nitrogens with one attached hydrogen (secondary N) is 2. The third-order valence-electron chi connectivity index (χ3n) is 6.39. The van der Waals surface area contributed by atoms with Gasteiger partial charge in [0.2, 0.25) is 5.95 Å². The number of piperidine rings is 1. The van der Waals surface area contributed by atoms with Gasteiger partial charge in [-0.2, -0.15) is 19.6 Å². The zero-order chi connectivity index (χ0) is 22.6. The van der Waals surface area contributed by atoms with Gasteiger partial charge in [0.25, 0.3) is 0 Å². The summed E-state index contributed by atoms with van der Waals surface area (Å²) in [4.78, 5) is 13.8. The second kappa shape index (κ2) is 9.70. The summed E-state index contributed by atoms with van der Waals surface area (Å²) in [5.74, 6) is 1.63. The topological polar surface area (TPSA) is 89.3 Å². The van der Waals surface area contributed by atoms with Gasteiger partial charge in [-0.1, -0.05) is 32.0 Å². The highest BCUT2D eigenvalue weighted by Crippen LogP contribution is 2.24. The maximum atomic E-state index is 6.05. The van der Waals surface area contributed by atoms with Crippen molar-refractivity contribution >= 4 is 22.5 Å². The lowest BCUT2D eigenvalue weighted by molar-refractivity contribution is 0.238. The second-order valence-electron chi connectivity index (χ2n) is 8.99. The smallest absolute Gasteiger partial charge is 0.321 e. The van der Waals surface area contributed by atoms with E-state index >= 15 is 0 Å². The lowest BCUT2D eigenvalue weighted by atomic mass is 9.95. The molecule has 0 aliphatic carbocycles. The molecule has 8 heteroatoms. The van der Waals surface area contributed by atoms with Crippen molar-refractivity contribution in [3.63, 3.8) is 0 Å². The van der Waals surface area contributed by atoms with E-state index in [0.717, 1.165) is 47.2 Å².